The summed E-state index contributed by atoms with van der Waals surface area (Å²) in [6, 6.07) is 16.4. The number of hydrogen-bond acceptors (Lipinski definition) is 4. The molecule has 126 valence electrons. The minimum absolute atomic E-state index is 0.152. The summed E-state index contributed by atoms with van der Waals surface area (Å²) in [6.45, 7) is 2.43. The summed E-state index contributed by atoms with van der Waals surface area (Å²) < 4.78 is 5.64. The first kappa shape index (κ1) is 16.5. The van der Waals surface area contributed by atoms with E-state index >= 15 is 0 Å². The lowest BCUT2D eigenvalue weighted by Gasteiger charge is -2.24. The second-order valence-corrected chi connectivity index (χ2v) is 6.26. The maximum absolute atomic E-state index is 12.8. The number of piperidine rings is 1. The quantitative estimate of drug-likeness (QED) is 0.830. The topological polar surface area (TPSA) is 58.6 Å². The minimum atomic E-state index is -0.514. The van der Waals surface area contributed by atoms with Crippen molar-refractivity contribution in [1.29, 1.82) is 0 Å². The van der Waals surface area contributed by atoms with Gasteiger partial charge >= 0.3 is 5.97 Å². The maximum atomic E-state index is 12.8. The van der Waals surface area contributed by atoms with Gasteiger partial charge in [0.05, 0.1) is 6.61 Å². The van der Waals surface area contributed by atoms with E-state index in [1.807, 2.05) is 36.4 Å². The predicted octanol–water partition coefficient (Wildman–Crippen LogP) is 3.07. The lowest BCUT2D eigenvalue weighted by Crippen LogP contribution is -2.31. The van der Waals surface area contributed by atoms with Crippen LogP contribution in [0.15, 0.2) is 54.6 Å². The van der Waals surface area contributed by atoms with Gasteiger partial charge in [0.1, 0.15) is 11.7 Å². The Bertz CT molecular complexity index is 666. The van der Waals surface area contributed by atoms with Crippen LogP contribution in [0.1, 0.15) is 29.9 Å². The van der Waals surface area contributed by atoms with Crippen LogP contribution in [0.3, 0.4) is 0 Å². The first-order valence-corrected chi connectivity index (χ1v) is 8.45. The smallest absolute Gasteiger partial charge is 0.317 e. The largest absolute Gasteiger partial charge is 0.508 e. The molecular weight excluding hydrogens is 302 g/mol. The average molecular weight is 325 g/mol. The zero-order valence-corrected chi connectivity index (χ0v) is 13.7. The molecule has 1 heterocycles. The van der Waals surface area contributed by atoms with Crippen molar-refractivity contribution in [1.82, 2.24) is 5.32 Å². The van der Waals surface area contributed by atoms with E-state index in [1.54, 1.807) is 18.2 Å². The van der Waals surface area contributed by atoms with Gasteiger partial charge in [0.2, 0.25) is 0 Å². The molecule has 1 fully saturated rings. The predicted molar refractivity (Wildman–Crippen MR) is 92.9 cm³/mol. The third kappa shape index (κ3) is 4.15. The number of nitrogens with one attached hydrogen (secondary N) is 1. The number of hydrogen-bond donors (Lipinski definition) is 2. The summed E-state index contributed by atoms with van der Waals surface area (Å²) in [7, 11) is 0. The van der Waals surface area contributed by atoms with Crippen LogP contribution >= 0.6 is 0 Å². The molecule has 0 aromatic heterocycles. The van der Waals surface area contributed by atoms with E-state index in [-0.39, 0.29) is 11.7 Å². The van der Waals surface area contributed by atoms with Gasteiger partial charge < -0.3 is 15.2 Å². The standard InChI is InChI=1S/C20H23NO3/c22-18-8-4-7-17(13-18)19(16-5-2-1-3-6-16)20(23)24-14-15-9-11-21-12-10-15/h1-8,13,15,19,21-22H,9-12,14H2. The molecule has 2 aromatic rings. The fourth-order valence-corrected chi connectivity index (χ4v) is 3.15. The molecule has 0 saturated carbocycles. The van der Waals surface area contributed by atoms with Gasteiger partial charge in [-0.15, -0.1) is 0 Å². The number of carbonyl (C=O) groups is 1. The Morgan fingerprint density at radius 3 is 2.50 bits per heavy atom. The van der Waals surface area contributed by atoms with E-state index in [0.717, 1.165) is 37.1 Å². The molecule has 0 bridgehead atoms. The van der Waals surface area contributed by atoms with Crippen molar-refractivity contribution >= 4 is 5.97 Å². The zero-order chi connectivity index (χ0) is 16.8. The van der Waals surface area contributed by atoms with Crippen molar-refractivity contribution in [3.05, 3.63) is 65.7 Å². The van der Waals surface area contributed by atoms with Crippen LogP contribution in [0.25, 0.3) is 0 Å². The Labute approximate surface area is 142 Å². The number of ether oxygens (including phenoxy) is 1. The van der Waals surface area contributed by atoms with E-state index in [1.165, 1.54) is 0 Å². The molecule has 0 aliphatic carbocycles. The van der Waals surface area contributed by atoms with E-state index in [9.17, 15) is 9.90 Å². The first-order chi connectivity index (χ1) is 11.7. The number of benzene rings is 2. The number of carbonyl (C=O) groups excluding carboxylic acids is 1. The van der Waals surface area contributed by atoms with Crippen LogP contribution in [0.5, 0.6) is 5.75 Å². The van der Waals surface area contributed by atoms with Crippen LogP contribution in [0.2, 0.25) is 0 Å². The highest BCUT2D eigenvalue weighted by Crippen LogP contribution is 2.28. The third-order valence-corrected chi connectivity index (χ3v) is 4.49. The summed E-state index contributed by atoms with van der Waals surface area (Å²) >= 11 is 0. The highest BCUT2D eigenvalue weighted by atomic mass is 16.5. The monoisotopic (exact) mass is 325 g/mol. The SMILES string of the molecule is O=C(OCC1CCNCC1)C(c1ccccc1)c1cccc(O)c1. The molecule has 4 heteroatoms. The molecule has 1 saturated heterocycles. The number of esters is 1. The maximum Gasteiger partial charge on any atom is 0.317 e. The molecule has 1 aliphatic heterocycles. The van der Waals surface area contributed by atoms with Crippen molar-refractivity contribution in [3.8, 4) is 5.75 Å². The molecule has 1 atom stereocenters. The van der Waals surface area contributed by atoms with Gasteiger partial charge in [-0.25, -0.2) is 0 Å². The average Bonchev–Trinajstić information content (AvgIpc) is 2.62. The van der Waals surface area contributed by atoms with Crippen LogP contribution in [-0.2, 0) is 9.53 Å². The van der Waals surface area contributed by atoms with Crippen LogP contribution in [0.4, 0.5) is 0 Å². The molecule has 24 heavy (non-hydrogen) atoms. The van der Waals surface area contributed by atoms with E-state index < -0.39 is 5.92 Å². The van der Waals surface area contributed by atoms with Crippen LogP contribution in [0, 0.1) is 5.92 Å². The van der Waals surface area contributed by atoms with E-state index in [2.05, 4.69) is 5.32 Å². The molecule has 1 unspecified atom stereocenters. The Balaban J connectivity index is 1.77. The van der Waals surface area contributed by atoms with Gasteiger partial charge in [0.15, 0.2) is 0 Å². The Morgan fingerprint density at radius 1 is 1.08 bits per heavy atom. The molecule has 0 spiro atoms. The second kappa shape index (κ2) is 7.97. The molecule has 2 N–H and O–H groups in total. The Hall–Kier alpha value is -2.33. The number of phenolic OH excluding ortho intramolecular Hbond substituents is 1. The Morgan fingerprint density at radius 2 is 1.79 bits per heavy atom. The first-order valence-electron chi connectivity index (χ1n) is 8.45. The summed E-state index contributed by atoms with van der Waals surface area (Å²) in [5.74, 6) is -0.194. The lowest BCUT2D eigenvalue weighted by molar-refractivity contribution is -0.146. The number of phenols is 1. The Kier molecular flexibility index (Phi) is 5.49. The van der Waals surface area contributed by atoms with Gasteiger partial charge in [0, 0.05) is 0 Å². The normalized spacial score (nSPS) is 16.5. The molecule has 2 aromatic carbocycles. The third-order valence-electron chi connectivity index (χ3n) is 4.49. The van der Waals surface area contributed by atoms with Crippen molar-refractivity contribution < 1.29 is 14.6 Å². The van der Waals surface area contributed by atoms with Crippen molar-refractivity contribution in [3.63, 3.8) is 0 Å². The molecule has 3 rings (SSSR count). The summed E-state index contributed by atoms with van der Waals surface area (Å²) in [5.41, 5.74) is 1.62. The molecule has 4 nitrogen and oxygen atoms in total. The molecule has 0 amide bonds. The molecular formula is C20H23NO3. The van der Waals surface area contributed by atoms with Gasteiger partial charge in [0.25, 0.3) is 0 Å². The fraction of sp³-hybridized carbons (Fsp3) is 0.350. The highest BCUT2D eigenvalue weighted by Gasteiger charge is 2.26. The minimum Gasteiger partial charge on any atom is -0.508 e. The van der Waals surface area contributed by atoms with Gasteiger partial charge in [-0.05, 0) is 55.1 Å². The second-order valence-electron chi connectivity index (χ2n) is 6.26. The van der Waals surface area contributed by atoms with E-state index in [0.29, 0.717) is 12.5 Å². The van der Waals surface area contributed by atoms with Crippen molar-refractivity contribution in [2.75, 3.05) is 19.7 Å². The highest BCUT2D eigenvalue weighted by molar-refractivity contribution is 5.82. The fourth-order valence-electron chi connectivity index (χ4n) is 3.15. The molecule has 0 radical (unpaired) electrons. The summed E-state index contributed by atoms with van der Waals surface area (Å²) in [5, 5.41) is 13.1. The van der Waals surface area contributed by atoms with Crippen molar-refractivity contribution in [2.24, 2.45) is 5.92 Å². The lowest BCUT2D eigenvalue weighted by atomic mass is 9.91. The molecule has 1 aliphatic rings. The summed E-state index contributed by atoms with van der Waals surface area (Å²) in [4.78, 5) is 12.8. The van der Waals surface area contributed by atoms with Crippen LogP contribution < -0.4 is 5.32 Å². The summed E-state index contributed by atoms with van der Waals surface area (Å²) in [6.07, 6.45) is 2.07. The van der Waals surface area contributed by atoms with E-state index in [4.69, 9.17) is 4.74 Å². The van der Waals surface area contributed by atoms with Gasteiger partial charge in [-0.1, -0.05) is 42.5 Å². The zero-order valence-electron chi connectivity index (χ0n) is 13.7. The van der Waals surface area contributed by atoms with Crippen LogP contribution in [-0.4, -0.2) is 30.8 Å². The number of rotatable bonds is 5. The van der Waals surface area contributed by atoms with Gasteiger partial charge in [-0.3, -0.25) is 4.79 Å². The number of aromatic hydroxyl groups is 1. The van der Waals surface area contributed by atoms with Gasteiger partial charge in [-0.2, -0.15) is 0 Å². The van der Waals surface area contributed by atoms with Crippen molar-refractivity contribution in [2.45, 2.75) is 18.8 Å².